The minimum absolute atomic E-state index is 0.941. The van der Waals surface area contributed by atoms with E-state index in [0.717, 1.165) is 28.2 Å². The lowest BCUT2D eigenvalue weighted by Crippen LogP contribution is -2.09. The van der Waals surface area contributed by atoms with Gasteiger partial charge in [-0.05, 0) is 65.4 Å². The smallest absolute Gasteiger partial charge is 0.144 e. The van der Waals surface area contributed by atoms with E-state index < -0.39 is 0 Å². The van der Waals surface area contributed by atoms with Gasteiger partial charge in [0.25, 0.3) is 0 Å². The van der Waals surface area contributed by atoms with Crippen molar-refractivity contribution in [3.05, 3.63) is 127 Å². The Balaban J connectivity index is 1.38. The molecule has 0 saturated carbocycles. The van der Waals surface area contributed by atoms with Crippen LogP contribution in [0.5, 0.6) is 0 Å². The number of para-hydroxylation sites is 2. The average Bonchev–Trinajstić information content (AvgIpc) is 3.52. The molecule has 0 unspecified atom stereocenters. The minimum Gasteiger partial charge on any atom is -0.455 e. The number of rotatable bonds is 3. The highest BCUT2D eigenvalue weighted by molar-refractivity contribution is 7.26. The van der Waals surface area contributed by atoms with Crippen molar-refractivity contribution >= 4 is 81.3 Å². The Hall–Kier alpha value is -4.60. The van der Waals surface area contributed by atoms with Gasteiger partial charge in [-0.2, -0.15) is 0 Å². The summed E-state index contributed by atoms with van der Waals surface area (Å²) in [7, 11) is 0. The maximum absolute atomic E-state index is 6.55. The zero-order valence-electron chi connectivity index (χ0n) is 19.9. The SMILES string of the molecule is c1ccc(N(c2ccccc2)c2ccc3c(c2)sc2ccc4c(oc5ccc6ccccc6c54)c23)cc1. The molecular formula is C34H21NOS. The first-order valence-corrected chi connectivity index (χ1v) is 13.3. The highest BCUT2D eigenvalue weighted by Gasteiger charge is 2.18. The molecule has 0 aliphatic rings. The molecule has 0 amide bonds. The average molecular weight is 492 g/mol. The summed E-state index contributed by atoms with van der Waals surface area (Å²) in [5.41, 5.74) is 5.34. The lowest BCUT2D eigenvalue weighted by molar-refractivity contribution is 0.673. The Kier molecular flexibility index (Phi) is 4.42. The fourth-order valence-corrected chi connectivity index (χ4v) is 6.73. The van der Waals surface area contributed by atoms with Gasteiger partial charge in [0.15, 0.2) is 0 Å². The van der Waals surface area contributed by atoms with Gasteiger partial charge in [-0.1, -0.05) is 72.8 Å². The summed E-state index contributed by atoms with van der Waals surface area (Å²) in [5.74, 6) is 0. The Morgan fingerprint density at radius 2 is 1.19 bits per heavy atom. The van der Waals surface area contributed by atoms with Crippen molar-refractivity contribution < 1.29 is 4.42 Å². The van der Waals surface area contributed by atoms with Crippen LogP contribution in [0, 0.1) is 0 Å². The lowest BCUT2D eigenvalue weighted by atomic mass is 10.0. The quantitative estimate of drug-likeness (QED) is 0.244. The fraction of sp³-hybridized carbons (Fsp3) is 0. The van der Waals surface area contributed by atoms with Crippen LogP contribution >= 0.6 is 11.3 Å². The van der Waals surface area contributed by atoms with Crippen molar-refractivity contribution in [1.82, 2.24) is 0 Å². The summed E-state index contributed by atoms with van der Waals surface area (Å²) in [5, 5.41) is 7.29. The molecule has 0 radical (unpaired) electrons. The first-order chi connectivity index (χ1) is 18.3. The van der Waals surface area contributed by atoms with E-state index in [1.165, 1.54) is 41.7 Å². The summed E-state index contributed by atoms with van der Waals surface area (Å²) in [6.45, 7) is 0. The lowest BCUT2D eigenvalue weighted by Gasteiger charge is -2.25. The third kappa shape index (κ3) is 3.11. The van der Waals surface area contributed by atoms with Gasteiger partial charge >= 0.3 is 0 Å². The van der Waals surface area contributed by atoms with E-state index >= 15 is 0 Å². The van der Waals surface area contributed by atoms with Crippen LogP contribution in [0.1, 0.15) is 0 Å². The van der Waals surface area contributed by atoms with E-state index in [9.17, 15) is 0 Å². The van der Waals surface area contributed by atoms with Crippen molar-refractivity contribution in [2.45, 2.75) is 0 Å². The highest BCUT2D eigenvalue weighted by Crippen LogP contribution is 2.45. The Morgan fingerprint density at radius 1 is 0.486 bits per heavy atom. The maximum atomic E-state index is 6.55. The zero-order chi connectivity index (χ0) is 24.3. The van der Waals surface area contributed by atoms with E-state index in [1.807, 2.05) is 11.3 Å². The topological polar surface area (TPSA) is 16.4 Å². The van der Waals surface area contributed by atoms with E-state index in [2.05, 4.69) is 132 Å². The molecule has 3 heteroatoms. The molecule has 2 aromatic heterocycles. The molecule has 8 aromatic rings. The molecule has 0 aliphatic carbocycles. The predicted octanol–water partition coefficient (Wildman–Crippen LogP) is 10.6. The summed E-state index contributed by atoms with van der Waals surface area (Å²) < 4.78 is 9.05. The van der Waals surface area contributed by atoms with Gasteiger partial charge in [0.05, 0.1) is 0 Å². The van der Waals surface area contributed by atoms with Gasteiger partial charge in [-0.15, -0.1) is 11.3 Å². The van der Waals surface area contributed by atoms with Gasteiger partial charge < -0.3 is 9.32 Å². The van der Waals surface area contributed by atoms with E-state index in [0.29, 0.717) is 0 Å². The van der Waals surface area contributed by atoms with Gasteiger partial charge in [-0.25, -0.2) is 0 Å². The minimum atomic E-state index is 0.941. The third-order valence-electron chi connectivity index (χ3n) is 7.23. The highest BCUT2D eigenvalue weighted by atomic mass is 32.1. The molecule has 0 saturated heterocycles. The van der Waals surface area contributed by atoms with Crippen molar-refractivity contribution in [2.24, 2.45) is 0 Å². The van der Waals surface area contributed by atoms with Crippen molar-refractivity contribution in [2.75, 3.05) is 4.90 Å². The van der Waals surface area contributed by atoms with Crippen molar-refractivity contribution in [3.8, 4) is 0 Å². The number of furan rings is 1. The molecule has 6 aromatic carbocycles. The van der Waals surface area contributed by atoms with Crippen LogP contribution in [0.4, 0.5) is 17.1 Å². The van der Waals surface area contributed by atoms with Crippen LogP contribution in [-0.4, -0.2) is 0 Å². The molecule has 0 bridgehead atoms. The standard InChI is InChI=1S/C34H21NOS/c1-3-10-23(11-4-1)35(24-12-5-2-6-13-24)25-16-17-27-31(21-25)37-30-20-18-28-32-26-14-8-7-9-22(26)15-19-29(32)36-34(28)33(27)30/h1-21H. The van der Waals surface area contributed by atoms with E-state index in [-0.39, 0.29) is 0 Å². The molecule has 2 nitrogen and oxygen atoms in total. The predicted molar refractivity (Wildman–Crippen MR) is 159 cm³/mol. The second-order valence-electron chi connectivity index (χ2n) is 9.37. The number of nitrogens with zero attached hydrogens (tertiary/aromatic N) is 1. The Bertz CT molecular complexity index is 2050. The first kappa shape index (κ1) is 20.6. The number of thiophene rings is 1. The monoisotopic (exact) mass is 491 g/mol. The number of benzene rings is 6. The number of hydrogen-bond acceptors (Lipinski definition) is 3. The normalized spacial score (nSPS) is 11.8. The summed E-state index contributed by atoms with van der Waals surface area (Å²) >= 11 is 1.83. The van der Waals surface area contributed by atoms with Crippen molar-refractivity contribution in [3.63, 3.8) is 0 Å². The summed E-state index contributed by atoms with van der Waals surface area (Å²) in [4.78, 5) is 2.31. The van der Waals surface area contributed by atoms with Gasteiger partial charge in [0.2, 0.25) is 0 Å². The molecular weight excluding hydrogens is 470 g/mol. The van der Waals surface area contributed by atoms with Crippen molar-refractivity contribution in [1.29, 1.82) is 0 Å². The van der Waals surface area contributed by atoms with Gasteiger partial charge in [0, 0.05) is 48.0 Å². The van der Waals surface area contributed by atoms with Crippen LogP contribution in [0.25, 0.3) is 52.9 Å². The van der Waals surface area contributed by atoms with Crippen LogP contribution in [0.2, 0.25) is 0 Å². The summed E-state index contributed by atoms with van der Waals surface area (Å²) in [6, 6.07) is 45.2. The van der Waals surface area contributed by atoms with Crippen LogP contribution in [0.15, 0.2) is 132 Å². The first-order valence-electron chi connectivity index (χ1n) is 12.4. The maximum Gasteiger partial charge on any atom is 0.144 e. The molecule has 2 heterocycles. The summed E-state index contributed by atoms with van der Waals surface area (Å²) in [6.07, 6.45) is 0. The number of hydrogen-bond donors (Lipinski definition) is 0. The number of fused-ring (bicyclic) bond motifs is 9. The fourth-order valence-electron chi connectivity index (χ4n) is 5.59. The molecule has 0 fully saturated rings. The molecule has 174 valence electrons. The second kappa shape index (κ2) is 7.95. The molecule has 0 atom stereocenters. The molecule has 8 rings (SSSR count). The van der Waals surface area contributed by atoms with Crippen LogP contribution < -0.4 is 4.90 Å². The van der Waals surface area contributed by atoms with Gasteiger partial charge in [-0.3, -0.25) is 0 Å². The third-order valence-corrected chi connectivity index (χ3v) is 8.35. The Morgan fingerprint density at radius 3 is 1.97 bits per heavy atom. The largest absolute Gasteiger partial charge is 0.455 e. The molecule has 0 N–H and O–H groups in total. The second-order valence-corrected chi connectivity index (χ2v) is 10.5. The molecule has 0 aliphatic heterocycles. The molecule has 0 spiro atoms. The van der Waals surface area contributed by atoms with Crippen LogP contribution in [-0.2, 0) is 0 Å². The van der Waals surface area contributed by atoms with E-state index in [1.54, 1.807) is 0 Å². The Labute approximate surface area is 217 Å². The zero-order valence-corrected chi connectivity index (χ0v) is 20.7. The molecule has 37 heavy (non-hydrogen) atoms. The van der Waals surface area contributed by atoms with Gasteiger partial charge in [0.1, 0.15) is 11.2 Å². The van der Waals surface area contributed by atoms with E-state index in [4.69, 9.17) is 4.42 Å². The number of anilines is 3. The van der Waals surface area contributed by atoms with Crippen LogP contribution in [0.3, 0.4) is 0 Å².